The number of benzene rings is 2. The molecule has 1 amide bonds. The molecule has 0 aliphatic rings. The molecule has 0 saturated carbocycles. The third kappa shape index (κ3) is 5.59. The maximum absolute atomic E-state index is 12.1. The van der Waals surface area contributed by atoms with Gasteiger partial charge in [0.25, 0.3) is 0 Å². The van der Waals surface area contributed by atoms with Gasteiger partial charge in [0.1, 0.15) is 5.75 Å². The van der Waals surface area contributed by atoms with Crippen molar-refractivity contribution in [2.75, 3.05) is 24.3 Å². The number of hydrogen-bond acceptors (Lipinski definition) is 5. The van der Waals surface area contributed by atoms with Crippen molar-refractivity contribution in [1.82, 2.24) is 0 Å². The van der Waals surface area contributed by atoms with Gasteiger partial charge in [-0.25, -0.2) is 4.79 Å². The fourth-order valence-electron chi connectivity index (χ4n) is 2.01. The van der Waals surface area contributed by atoms with Crippen LogP contribution in [0.2, 0.25) is 5.02 Å². The molecule has 0 bridgehead atoms. The number of carbonyl (C=O) groups is 2. The quantitative estimate of drug-likeness (QED) is 0.710. The summed E-state index contributed by atoms with van der Waals surface area (Å²) in [6.45, 7) is -2.99. The van der Waals surface area contributed by atoms with Crippen LogP contribution in [0.5, 0.6) is 5.75 Å². The Hall–Kier alpha value is -2.87. The van der Waals surface area contributed by atoms with E-state index in [1.165, 1.54) is 43.5 Å². The molecule has 0 unspecified atom stereocenters. The van der Waals surface area contributed by atoms with Crippen LogP contribution < -0.4 is 15.4 Å². The van der Waals surface area contributed by atoms with Gasteiger partial charge >= 0.3 is 12.6 Å². The molecule has 0 aromatic heterocycles. The Morgan fingerprint density at radius 3 is 2.38 bits per heavy atom. The van der Waals surface area contributed by atoms with Gasteiger partial charge in [-0.15, -0.1) is 0 Å². The molecule has 0 atom stereocenters. The van der Waals surface area contributed by atoms with Crippen molar-refractivity contribution >= 4 is 34.9 Å². The molecule has 2 aromatic rings. The maximum atomic E-state index is 12.1. The fraction of sp³-hybridized carbons (Fsp3) is 0.176. The van der Waals surface area contributed by atoms with E-state index >= 15 is 0 Å². The highest BCUT2D eigenvalue weighted by molar-refractivity contribution is 6.33. The van der Waals surface area contributed by atoms with Crippen LogP contribution in [0.25, 0.3) is 0 Å². The van der Waals surface area contributed by atoms with Gasteiger partial charge in [-0.05, 0) is 42.5 Å². The summed E-state index contributed by atoms with van der Waals surface area (Å²) in [6.07, 6.45) is 0. The lowest BCUT2D eigenvalue weighted by Crippen LogP contribution is -2.21. The minimum Gasteiger partial charge on any atom is -0.465 e. The standard InChI is InChI=1S/C17H15ClF2N2O4/c1-25-16(24)13-8-11(4-7-14(13)18)21-9-15(23)22-10-2-5-12(6-3-10)26-17(19)20/h2-8,17,21H,9H2,1H3,(H,22,23). The molecule has 9 heteroatoms. The van der Waals surface area contributed by atoms with Crippen LogP contribution in [-0.2, 0) is 9.53 Å². The van der Waals surface area contributed by atoms with Crippen LogP contribution in [0.15, 0.2) is 42.5 Å². The summed E-state index contributed by atoms with van der Waals surface area (Å²) in [5, 5.41) is 5.67. The smallest absolute Gasteiger partial charge is 0.387 e. The monoisotopic (exact) mass is 384 g/mol. The first-order chi connectivity index (χ1) is 12.4. The van der Waals surface area contributed by atoms with Crippen LogP contribution in [0, 0.1) is 0 Å². The van der Waals surface area contributed by atoms with Crippen molar-refractivity contribution in [2.24, 2.45) is 0 Å². The number of alkyl halides is 2. The van der Waals surface area contributed by atoms with Gasteiger partial charge in [0.05, 0.1) is 24.2 Å². The number of ether oxygens (including phenoxy) is 2. The van der Waals surface area contributed by atoms with E-state index in [4.69, 9.17) is 11.6 Å². The zero-order valence-electron chi connectivity index (χ0n) is 13.6. The Kier molecular flexibility index (Phi) is 6.74. The van der Waals surface area contributed by atoms with Crippen LogP contribution in [0.4, 0.5) is 20.2 Å². The molecular formula is C17H15ClF2N2O4. The highest BCUT2D eigenvalue weighted by Gasteiger charge is 2.12. The van der Waals surface area contributed by atoms with Crippen molar-refractivity contribution in [2.45, 2.75) is 6.61 Å². The molecule has 138 valence electrons. The fourth-order valence-corrected chi connectivity index (χ4v) is 2.20. The van der Waals surface area contributed by atoms with Gasteiger partial charge < -0.3 is 20.1 Å². The first-order valence-corrected chi connectivity index (χ1v) is 7.73. The molecule has 6 nitrogen and oxygen atoms in total. The van der Waals surface area contributed by atoms with E-state index < -0.39 is 12.6 Å². The maximum Gasteiger partial charge on any atom is 0.387 e. The molecular weight excluding hydrogens is 370 g/mol. The number of rotatable bonds is 7. The number of methoxy groups -OCH3 is 1. The van der Waals surface area contributed by atoms with Crippen LogP contribution in [-0.4, -0.2) is 32.1 Å². The minimum absolute atomic E-state index is 0.00683. The number of amides is 1. The van der Waals surface area contributed by atoms with E-state index in [2.05, 4.69) is 20.1 Å². The highest BCUT2D eigenvalue weighted by atomic mass is 35.5. The highest BCUT2D eigenvalue weighted by Crippen LogP contribution is 2.21. The summed E-state index contributed by atoms with van der Waals surface area (Å²) in [5.41, 5.74) is 1.10. The number of halogens is 3. The second-order valence-electron chi connectivity index (χ2n) is 4.99. The molecule has 0 aliphatic carbocycles. The Bertz CT molecular complexity index is 785. The summed E-state index contributed by atoms with van der Waals surface area (Å²) in [7, 11) is 1.24. The molecule has 0 spiro atoms. The van der Waals surface area contributed by atoms with Crippen LogP contribution >= 0.6 is 11.6 Å². The lowest BCUT2D eigenvalue weighted by Gasteiger charge is -2.10. The molecule has 0 aliphatic heterocycles. The van der Waals surface area contributed by atoms with Crippen LogP contribution in [0.1, 0.15) is 10.4 Å². The van der Waals surface area contributed by atoms with E-state index in [1.807, 2.05) is 0 Å². The van der Waals surface area contributed by atoms with Gasteiger partial charge in [0, 0.05) is 11.4 Å². The minimum atomic E-state index is -2.91. The first-order valence-electron chi connectivity index (χ1n) is 7.35. The van der Waals surface area contributed by atoms with Crippen molar-refractivity contribution in [3.05, 3.63) is 53.1 Å². The topological polar surface area (TPSA) is 76.7 Å². The van der Waals surface area contributed by atoms with Gasteiger partial charge in [-0.2, -0.15) is 8.78 Å². The Labute approximate surface area is 153 Å². The van der Waals surface area contributed by atoms with Crippen molar-refractivity contribution < 1.29 is 27.8 Å². The van der Waals surface area contributed by atoms with E-state index in [0.717, 1.165) is 0 Å². The van der Waals surface area contributed by atoms with Crippen molar-refractivity contribution in [3.8, 4) is 5.75 Å². The van der Waals surface area contributed by atoms with E-state index in [-0.39, 0.29) is 28.8 Å². The largest absolute Gasteiger partial charge is 0.465 e. The average Bonchev–Trinajstić information content (AvgIpc) is 2.61. The van der Waals surface area contributed by atoms with E-state index in [9.17, 15) is 18.4 Å². The number of nitrogens with one attached hydrogen (secondary N) is 2. The van der Waals surface area contributed by atoms with Gasteiger partial charge in [0.2, 0.25) is 5.91 Å². The molecule has 0 saturated heterocycles. The molecule has 2 rings (SSSR count). The summed E-state index contributed by atoms with van der Waals surface area (Å²) in [5.74, 6) is -0.969. The summed E-state index contributed by atoms with van der Waals surface area (Å²) in [6, 6.07) is 10.1. The normalized spacial score (nSPS) is 10.3. The Balaban J connectivity index is 1.91. The van der Waals surface area contributed by atoms with Crippen molar-refractivity contribution in [3.63, 3.8) is 0 Å². The number of anilines is 2. The predicted octanol–water partition coefficient (Wildman–Crippen LogP) is 3.78. The lowest BCUT2D eigenvalue weighted by molar-refractivity contribution is -0.114. The van der Waals surface area contributed by atoms with Crippen LogP contribution in [0.3, 0.4) is 0 Å². The molecule has 0 heterocycles. The summed E-state index contributed by atoms with van der Waals surface area (Å²) >= 11 is 5.92. The zero-order chi connectivity index (χ0) is 19.1. The Morgan fingerprint density at radius 2 is 1.77 bits per heavy atom. The molecule has 0 fully saturated rings. The second-order valence-corrected chi connectivity index (χ2v) is 5.40. The van der Waals surface area contributed by atoms with Crippen molar-refractivity contribution in [1.29, 1.82) is 0 Å². The molecule has 2 N–H and O–H groups in total. The van der Waals surface area contributed by atoms with E-state index in [1.54, 1.807) is 6.07 Å². The van der Waals surface area contributed by atoms with Gasteiger partial charge in [-0.3, -0.25) is 4.79 Å². The second kappa shape index (κ2) is 9.00. The predicted molar refractivity (Wildman–Crippen MR) is 93.0 cm³/mol. The first kappa shape index (κ1) is 19.5. The summed E-state index contributed by atoms with van der Waals surface area (Å²) in [4.78, 5) is 23.5. The number of hydrogen-bond donors (Lipinski definition) is 2. The third-order valence-corrected chi connectivity index (χ3v) is 3.52. The van der Waals surface area contributed by atoms with E-state index in [0.29, 0.717) is 11.4 Å². The van der Waals surface area contributed by atoms with Gasteiger partial charge in [-0.1, -0.05) is 11.6 Å². The number of carbonyl (C=O) groups excluding carboxylic acids is 2. The zero-order valence-corrected chi connectivity index (χ0v) is 14.3. The SMILES string of the molecule is COC(=O)c1cc(NCC(=O)Nc2ccc(OC(F)F)cc2)ccc1Cl. The summed E-state index contributed by atoms with van der Waals surface area (Å²) < 4.78 is 33.0. The molecule has 26 heavy (non-hydrogen) atoms. The molecule has 2 aromatic carbocycles. The number of esters is 1. The third-order valence-electron chi connectivity index (χ3n) is 3.19. The Morgan fingerprint density at radius 1 is 1.12 bits per heavy atom. The average molecular weight is 385 g/mol. The lowest BCUT2D eigenvalue weighted by atomic mass is 10.2. The molecule has 0 radical (unpaired) electrons. The van der Waals surface area contributed by atoms with Gasteiger partial charge in [0.15, 0.2) is 0 Å².